The first kappa shape index (κ1) is 11.7. The summed E-state index contributed by atoms with van der Waals surface area (Å²) in [6, 6.07) is 0. The van der Waals surface area contributed by atoms with Crippen molar-refractivity contribution in [2.45, 2.75) is 20.3 Å². The zero-order valence-electron chi connectivity index (χ0n) is 8.76. The maximum absolute atomic E-state index is 4.98. The number of hydrogen-bond donors (Lipinski definition) is 0. The van der Waals surface area contributed by atoms with Crippen molar-refractivity contribution in [3.05, 3.63) is 11.6 Å². The molecule has 0 saturated carbocycles. The molecule has 0 saturated heterocycles. The van der Waals surface area contributed by atoms with E-state index in [1.54, 1.807) is 7.11 Å². The zero-order valence-corrected chi connectivity index (χ0v) is 8.76. The van der Waals surface area contributed by atoms with Gasteiger partial charge < -0.3 is 9.64 Å². The first-order valence-corrected chi connectivity index (χ1v) is 4.53. The number of ether oxygens (including phenoxy) is 1. The molecule has 0 atom stereocenters. The highest BCUT2D eigenvalue weighted by atomic mass is 16.5. The Kier molecular flexibility index (Phi) is 7.11. The van der Waals surface area contributed by atoms with Crippen LogP contribution in [0.3, 0.4) is 0 Å². The molecule has 0 unspecified atom stereocenters. The van der Waals surface area contributed by atoms with Gasteiger partial charge in [0.05, 0.1) is 6.61 Å². The maximum atomic E-state index is 4.98. The van der Waals surface area contributed by atoms with Gasteiger partial charge in [-0.15, -0.1) is 0 Å². The summed E-state index contributed by atoms with van der Waals surface area (Å²) in [4.78, 5) is 2.25. The quantitative estimate of drug-likeness (QED) is 0.566. The highest BCUT2D eigenvalue weighted by Crippen LogP contribution is 1.97. The standard InChI is InChI=1S/C10H21NO/c1-5-10(2)6-7-11(3)8-9-12-4/h6H,5,7-9H2,1-4H3/b10-6-. The van der Waals surface area contributed by atoms with Crippen molar-refractivity contribution in [3.8, 4) is 0 Å². The Balaban J connectivity index is 3.48. The second kappa shape index (κ2) is 7.32. The third-order valence-corrected chi connectivity index (χ3v) is 1.99. The van der Waals surface area contributed by atoms with E-state index in [9.17, 15) is 0 Å². The molecule has 0 rings (SSSR count). The molecule has 0 radical (unpaired) electrons. The van der Waals surface area contributed by atoms with Crippen LogP contribution in [0.4, 0.5) is 0 Å². The molecule has 0 amide bonds. The van der Waals surface area contributed by atoms with Crippen LogP contribution in [0.1, 0.15) is 20.3 Å². The Morgan fingerprint density at radius 1 is 1.50 bits per heavy atom. The molecular formula is C10H21NO. The van der Waals surface area contributed by atoms with E-state index in [2.05, 4.69) is 31.9 Å². The van der Waals surface area contributed by atoms with Gasteiger partial charge in [0.15, 0.2) is 0 Å². The van der Waals surface area contributed by atoms with Gasteiger partial charge in [-0.05, 0) is 20.4 Å². The first-order chi connectivity index (χ1) is 5.70. The van der Waals surface area contributed by atoms with E-state index >= 15 is 0 Å². The van der Waals surface area contributed by atoms with Crippen LogP contribution in [0, 0.1) is 0 Å². The summed E-state index contributed by atoms with van der Waals surface area (Å²) in [5, 5.41) is 0. The molecule has 0 heterocycles. The summed E-state index contributed by atoms with van der Waals surface area (Å²) >= 11 is 0. The van der Waals surface area contributed by atoms with Gasteiger partial charge in [0, 0.05) is 20.2 Å². The summed E-state index contributed by atoms with van der Waals surface area (Å²) in [5.74, 6) is 0. The fourth-order valence-electron chi connectivity index (χ4n) is 0.794. The minimum Gasteiger partial charge on any atom is -0.383 e. The molecule has 2 nitrogen and oxygen atoms in total. The van der Waals surface area contributed by atoms with Crippen LogP contribution in [0.25, 0.3) is 0 Å². The van der Waals surface area contributed by atoms with Gasteiger partial charge >= 0.3 is 0 Å². The predicted octanol–water partition coefficient (Wildman–Crippen LogP) is 1.92. The van der Waals surface area contributed by atoms with Gasteiger partial charge in [0.2, 0.25) is 0 Å². The van der Waals surface area contributed by atoms with Crippen molar-refractivity contribution in [2.75, 3.05) is 33.9 Å². The topological polar surface area (TPSA) is 12.5 Å². The molecule has 0 spiro atoms. The van der Waals surface area contributed by atoms with Crippen molar-refractivity contribution in [2.24, 2.45) is 0 Å². The summed E-state index contributed by atoms with van der Waals surface area (Å²) in [6.07, 6.45) is 3.42. The van der Waals surface area contributed by atoms with Crippen LogP contribution in [0.5, 0.6) is 0 Å². The highest BCUT2D eigenvalue weighted by Gasteiger charge is 1.94. The van der Waals surface area contributed by atoms with E-state index in [-0.39, 0.29) is 0 Å². The number of methoxy groups -OCH3 is 1. The largest absolute Gasteiger partial charge is 0.383 e. The molecule has 0 aromatic rings. The van der Waals surface area contributed by atoms with Crippen LogP contribution >= 0.6 is 0 Å². The van der Waals surface area contributed by atoms with Crippen molar-refractivity contribution in [1.82, 2.24) is 4.90 Å². The molecule has 0 fully saturated rings. The summed E-state index contributed by atoms with van der Waals surface area (Å²) in [6.45, 7) is 7.20. The van der Waals surface area contributed by atoms with Crippen molar-refractivity contribution in [1.29, 1.82) is 0 Å². The summed E-state index contributed by atoms with van der Waals surface area (Å²) in [5.41, 5.74) is 1.46. The van der Waals surface area contributed by atoms with Gasteiger partial charge in [-0.3, -0.25) is 0 Å². The third-order valence-electron chi connectivity index (χ3n) is 1.99. The van der Waals surface area contributed by atoms with Gasteiger partial charge in [-0.1, -0.05) is 18.6 Å². The maximum Gasteiger partial charge on any atom is 0.0589 e. The molecule has 0 bridgehead atoms. The molecule has 0 aromatic heterocycles. The minimum atomic E-state index is 0.815. The number of allylic oxidation sites excluding steroid dienone is 1. The summed E-state index contributed by atoms with van der Waals surface area (Å²) in [7, 11) is 3.85. The lowest BCUT2D eigenvalue weighted by Crippen LogP contribution is -2.22. The van der Waals surface area contributed by atoms with E-state index < -0.39 is 0 Å². The lowest BCUT2D eigenvalue weighted by molar-refractivity contribution is 0.166. The second-order valence-electron chi connectivity index (χ2n) is 3.16. The smallest absolute Gasteiger partial charge is 0.0589 e. The Hall–Kier alpha value is -0.340. The molecule has 2 heteroatoms. The first-order valence-electron chi connectivity index (χ1n) is 4.53. The third kappa shape index (κ3) is 6.38. The van der Waals surface area contributed by atoms with E-state index in [1.165, 1.54) is 5.57 Å². The Labute approximate surface area is 76.2 Å². The predicted molar refractivity (Wildman–Crippen MR) is 53.4 cm³/mol. The Morgan fingerprint density at radius 2 is 2.17 bits per heavy atom. The van der Waals surface area contributed by atoms with Crippen LogP contribution in [0.15, 0.2) is 11.6 Å². The number of nitrogens with zero attached hydrogens (tertiary/aromatic N) is 1. The van der Waals surface area contributed by atoms with Crippen molar-refractivity contribution >= 4 is 0 Å². The van der Waals surface area contributed by atoms with Gasteiger partial charge in [-0.2, -0.15) is 0 Å². The fourth-order valence-corrected chi connectivity index (χ4v) is 0.794. The lowest BCUT2D eigenvalue weighted by atomic mass is 10.2. The van der Waals surface area contributed by atoms with Gasteiger partial charge in [-0.25, -0.2) is 0 Å². The fraction of sp³-hybridized carbons (Fsp3) is 0.800. The van der Waals surface area contributed by atoms with Crippen LogP contribution in [0.2, 0.25) is 0 Å². The molecular weight excluding hydrogens is 150 g/mol. The SMILES string of the molecule is CC/C(C)=C\CN(C)CCOC. The number of hydrogen-bond acceptors (Lipinski definition) is 2. The normalized spacial score (nSPS) is 12.6. The molecule has 0 aliphatic carbocycles. The average Bonchev–Trinajstić information content (AvgIpc) is 2.10. The Morgan fingerprint density at radius 3 is 2.67 bits per heavy atom. The summed E-state index contributed by atoms with van der Waals surface area (Å²) < 4.78 is 4.98. The molecule has 0 aromatic carbocycles. The van der Waals surface area contributed by atoms with E-state index in [0.717, 1.165) is 26.1 Å². The van der Waals surface area contributed by atoms with Gasteiger partial charge in [0.25, 0.3) is 0 Å². The highest BCUT2D eigenvalue weighted by molar-refractivity contribution is 4.97. The van der Waals surface area contributed by atoms with E-state index in [4.69, 9.17) is 4.74 Å². The van der Waals surface area contributed by atoms with Crippen LogP contribution in [-0.4, -0.2) is 38.8 Å². The molecule has 12 heavy (non-hydrogen) atoms. The van der Waals surface area contributed by atoms with Gasteiger partial charge in [0.1, 0.15) is 0 Å². The second-order valence-corrected chi connectivity index (χ2v) is 3.16. The molecule has 0 N–H and O–H groups in total. The van der Waals surface area contributed by atoms with Crippen molar-refractivity contribution < 1.29 is 4.74 Å². The van der Waals surface area contributed by atoms with E-state index in [0.29, 0.717) is 0 Å². The Bertz CT molecular complexity index is 132. The molecule has 0 aliphatic rings. The van der Waals surface area contributed by atoms with E-state index in [1.807, 2.05) is 0 Å². The van der Waals surface area contributed by atoms with Crippen molar-refractivity contribution in [3.63, 3.8) is 0 Å². The average molecular weight is 171 g/mol. The zero-order chi connectivity index (χ0) is 9.40. The molecule has 72 valence electrons. The lowest BCUT2D eigenvalue weighted by Gasteiger charge is -2.13. The monoisotopic (exact) mass is 171 g/mol. The number of likely N-dealkylation sites (N-methyl/N-ethyl adjacent to an activating group) is 1. The van der Waals surface area contributed by atoms with Crippen LogP contribution in [-0.2, 0) is 4.74 Å². The number of rotatable bonds is 6. The molecule has 0 aliphatic heterocycles. The minimum absolute atomic E-state index is 0.815. The van der Waals surface area contributed by atoms with Crippen LogP contribution < -0.4 is 0 Å².